The molecule has 0 saturated heterocycles. The van der Waals surface area contributed by atoms with Crippen molar-refractivity contribution in [3.05, 3.63) is 271 Å². The molecule has 0 fully saturated rings. The van der Waals surface area contributed by atoms with Crippen LogP contribution in [0.2, 0.25) is 0 Å². The topological polar surface area (TPSA) is 41.1 Å². The van der Waals surface area contributed by atoms with Crippen LogP contribution in [0.5, 0.6) is 0 Å². The first-order chi connectivity index (χ1) is 34.1. The van der Waals surface area contributed by atoms with Crippen LogP contribution in [0.3, 0.4) is 0 Å². The molecule has 0 aromatic heterocycles. The summed E-state index contributed by atoms with van der Waals surface area (Å²) < 4.78 is 0. The number of hydrogen-bond acceptors (Lipinski definition) is 5. The maximum atomic E-state index is 8.72. The number of hydrogen-bond donors (Lipinski definition) is 0. The number of anilines is 8. The van der Waals surface area contributed by atoms with Crippen LogP contribution in [0.25, 0.3) is 26.4 Å². The molecule has 0 N–H and O–H groups in total. The normalized spacial score (nSPS) is 10.1. The summed E-state index contributed by atoms with van der Waals surface area (Å²) in [7, 11) is 8.25. The average Bonchev–Trinajstić information content (AvgIpc) is 3.43. The van der Waals surface area contributed by atoms with Crippen LogP contribution in [0, 0.1) is 31.8 Å². The summed E-state index contributed by atoms with van der Waals surface area (Å²) in [6.45, 7) is 11.2. The van der Waals surface area contributed by atoms with Crippen molar-refractivity contribution in [1.82, 2.24) is 0 Å². The zero-order valence-corrected chi connectivity index (χ0v) is 40.8. The minimum Gasteiger partial charge on any atom is -0.346 e. The van der Waals surface area contributed by atoms with E-state index in [4.69, 9.17) is 11.8 Å². The fourth-order valence-corrected chi connectivity index (χ4v) is 8.02. The zero-order valence-electron chi connectivity index (χ0n) is 40.8. The molecule has 6 nitrogen and oxygen atoms in total. The molecule has 0 aliphatic carbocycles. The van der Waals surface area contributed by atoms with Crippen molar-refractivity contribution in [1.29, 1.82) is 5.26 Å². The smallest absolute Gasteiger partial charge is 0.189 e. The van der Waals surface area contributed by atoms with Gasteiger partial charge in [-0.3, -0.25) is 0 Å². The van der Waals surface area contributed by atoms with Crippen molar-refractivity contribution in [2.24, 2.45) is 0 Å². The molecule has 0 aliphatic rings. The van der Waals surface area contributed by atoms with Gasteiger partial charge >= 0.3 is 0 Å². The van der Waals surface area contributed by atoms with E-state index in [0.29, 0.717) is 11.3 Å². The van der Waals surface area contributed by atoms with Gasteiger partial charge in [0.1, 0.15) is 0 Å². The Bertz CT molecular complexity index is 3310. The highest BCUT2D eigenvalue weighted by molar-refractivity contribution is 5.97. The maximum Gasteiger partial charge on any atom is 0.189 e. The Kier molecular flexibility index (Phi) is 16.8. The quantitative estimate of drug-likeness (QED) is 0.142. The number of nitriles is 1. The van der Waals surface area contributed by atoms with Crippen LogP contribution < -0.4 is 19.6 Å². The van der Waals surface area contributed by atoms with E-state index in [0.717, 1.165) is 22.7 Å². The van der Waals surface area contributed by atoms with Gasteiger partial charge in [0.15, 0.2) is 5.69 Å². The Morgan fingerprint density at radius 1 is 0.357 bits per heavy atom. The standard InChI is InChI=1S/2C18H17N.2C14H12N2/c1-14-7-5-10-16(13-14)19(2)18-12-6-9-15-8-3-4-11-17(15)18;1-14-10-12-16(13-11-14)19(2)18-9-5-7-15-6-3-4-8-17(15)18;1-15-12-7-6-10-14(11-12)16(2)13-8-4-3-5-9-13;1-16(13-5-3-2-4-6-13)14-9-7-12(11-15)8-10-14/h2*3-13H,1-2H3;3-11H,2H3;2-10H,1H3. The molecule has 0 radical (unpaired) electrons. The molecule has 10 aromatic rings. The third kappa shape index (κ3) is 12.7. The van der Waals surface area contributed by atoms with E-state index in [-0.39, 0.29) is 0 Å². The summed E-state index contributed by atoms with van der Waals surface area (Å²) in [5.74, 6) is 0. The second kappa shape index (κ2) is 24.1. The molecule has 0 amide bonds. The van der Waals surface area contributed by atoms with Gasteiger partial charge in [0, 0.05) is 84.5 Å². The Morgan fingerprint density at radius 2 is 0.743 bits per heavy atom. The van der Waals surface area contributed by atoms with Gasteiger partial charge in [0.2, 0.25) is 0 Å². The van der Waals surface area contributed by atoms with E-state index in [1.165, 1.54) is 55.4 Å². The molecule has 344 valence electrons. The summed E-state index contributed by atoms with van der Waals surface area (Å²) in [6, 6.07) is 84.6. The number of rotatable bonds is 8. The minimum absolute atomic E-state index is 0.667. The van der Waals surface area contributed by atoms with Gasteiger partial charge < -0.3 is 19.6 Å². The lowest BCUT2D eigenvalue weighted by Crippen LogP contribution is -2.09. The zero-order chi connectivity index (χ0) is 49.2. The van der Waals surface area contributed by atoms with Gasteiger partial charge in [0.05, 0.1) is 18.2 Å². The monoisotopic (exact) mass is 910 g/mol. The van der Waals surface area contributed by atoms with E-state index >= 15 is 0 Å². The predicted octanol–water partition coefficient (Wildman–Crippen LogP) is 17.2. The van der Waals surface area contributed by atoms with Crippen molar-refractivity contribution in [2.45, 2.75) is 13.8 Å². The summed E-state index contributed by atoms with van der Waals surface area (Å²) in [6.07, 6.45) is 0. The molecule has 0 bridgehead atoms. The molecule has 0 heterocycles. The Balaban J connectivity index is 0.000000138. The average molecular weight is 911 g/mol. The number of benzene rings is 10. The molecule has 10 rings (SSSR count). The summed E-state index contributed by atoms with van der Waals surface area (Å²) in [5.41, 5.74) is 13.2. The Labute approximate surface area is 414 Å². The van der Waals surface area contributed by atoms with Crippen molar-refractivity contribution >= 4 is 72.7 Å². The van der Waals surface area contributed by atoms with E-state index in [1.807, 2.05) is 111 Å². The maximum absolute atomic E-state index is 8.72. The molecule has 6 heteroatoms. The van der Waals surface area contributed by atoms with Gasteiger partial charge in [-0.15, -0.1) is 0 Å². The number of aryl methyl sites for hydroxylation is 2. The van der Waals surface area contributed by atoms with E-state index < -0.39 is 0 Å². The van der Waals surface area contributed by atoms with Crippen molar-refractivity contribution in [3.8, 4) is 6.07 Å². The van der Waals surface area contributed by atoms with Crippen molar-refractivity contribution < 1.29 is 0 Å². The van der Waals surface area contributed by atoms with Crippen LogP contribution in [-0.4, -0.2) is 28.2 Å². The highest BCUT2D eigenvalue weighted by Gasteiger charge is 2.10. The van der Waals surface area contributed by atoms with E-state index in [9.17, 15) is 0 Å². The van der Waals surface area contributed by atoms with Crippen LogP contribution >= 0.6 is 0 Å². The largest absolute Gasteiger partial charge is 0.346 e. The lowest BCUT2D eigenvalue weighted by molar-refractivity contribution is 1.21. The Hall–Kier alpha value is -9.10. The molecule has 0 aliphatic heterocycles. The molecular formula is C64H58N6. The lowest BCUT2D eigenvalue weighted by Gasteiger charge is -2.21. The van der Waals surface area contributed by atoms with Gasteiger partial charge in [-0.05, 0) is 127 Å². The van der Waals surface area contributed by atoms with E-state index in [1.54, 1.807) is 0 Å². The van der Waals surface area contributed by atoms with Gasteiger partial charge in [-0.1, -0.05) is 151 Å². The number of nitrogens with zero attached hydrogens (tertiary/aromatic N) is 6. The van der Waals surface area contributed by atoms with Crippen LogP contribution in [0.1, 0.15) is 16.7 Å². The lowest BCUT2D eigenvalue weighted by atomic mass is 10.1. The molecule has 0 spiro atoms. The number of fused-ring (bicyclic) bond motifs is 2. The third-order valence-corrected chi connectivity index (χ3v) is 12.1. The summed E-state index contributed by atoms with van der Waals surface area (Å²) in [4.78, 5) is 12.1. The fourth-order valence-electron chi connectivity index (χ4n) is 8.02. The molecule has 0 unspecified atom stereocenters. The summed E-state index contributed by atoms with van der Waals surface area (Å²) in [5, 5.41) is 13.8. The van der Waals surface area contributed by atoms with Crippen LogP contribution in [0.15, 0.2) is 243 Å². The Morgan fingerprint density at radius 3 is 1.26 bits per heavy atom. The van der Waals surface area contributed by atoms with Gasteiger partial charge in [-0.2, -0.15) is 5.26 Å². The van der Waals surface area contributed by atoms with Crippen molar-refractivity contribution in [3.63, 3.8) is 0 Å². The first kappa shape index (κ1) is 48.8. The first-order valence-corrected chi connectivity index (χ1v) is 23.2. The second-order valence-corrected chi connectivity index (χ2v) is 16.9. The molecule has 0 atom stereocenters. The van der Waals surface area contributed by atoms with Crippen LogP contribution in [0.4, 0.5) is 51.2 Å². The molecule has 0 saturated carbocycles. The molecule has 10 aromatic carbocycles. The van der Waals surface area contributed by atoms with Gasteiger partial charge in [0.25, 0.3) is 0 Å². The van der Waals surface area contributed by atoms with Crippen LogP contribution in [-0.2, 0) is 0 Å². The number of para-hydroxylation sites is 2. The van der Waals surface area contributed by atoms with Gasteiger partial charge in [-0.25, -0.2) is 4.85 Å². The predicted molar refractivity (Wildman–Crippen MR) is 299 cm³/mol. The third-order valence-electron chi connectivity index (χ3n) is 12.1. The highest BCUT2D eigenvalue weighted by atomic mass is 15.1. The van der Waals surface area contributed by atoms with Crippen molar-refractivity contribution in [2.75, 3.05) is 47.8 Å². The fraction of sp³-hybridized carbons (Fsp3) is 0.0938. The minimum atomic E-state index is 0.667. The highest BCUT2D eigenvalue weighted by Crippen LogP contribution is 2.33. The van der Waals surface area contributed by atoms with E-state index in [2.05, 4.69) is 204 Å². The summed E-state index contributed by atoms with van der Waals surface area (Å²) >= 11 is 0. The SMILES string of the molecule is CN(c1ccccc1)c1ccc(C#N)cc1.Cc1ccc(N(C)c2cccc3ccccc23)cc1.Cc1cccc(N(C)c2cccc3ccccc23)c1.[C-]#[N+]c1cccc(N(C)c2ccccc2)c1. The second-order valence-electron chi connectivity index (χ2n) is 16.9. The molecular weight excluding hydrogens is 853 g/mol. The molecule has 70 heavy (non-hydrogen) atoms. The first-order valence-electron chi connectivity index (χ1n) is 23.2.